The molecule has 38 heavy (non-hydrogen) atoms. The number of likely N-dealkylation sites (N-methyl/N-ethyl adjacent to an activating group) is 1. The van der Waals surface area contributed by atoms with E-state index in [1.54, 1.807) is 0 Å². The van der Waals surface area contributed by atoms with E-state index in [1.807, 2.05) is 42.3 Å². The van der Waals surface area contributed by atoms with E-state index in [-0.39, 0.29) is 28.9 Å². The number of fused-ring (bicyclic) bond motifs is 1. The Hall–Kier alpha value is -3.22. The van der Waals surface area contributed by atoms with E-state index in [0.29, 0.717) is 18.6 Å². The molecule has 5 nitrogen and oxygen atoms in total. The molecule has 6 heteroatoms. The Balaban J connectivity index is 1.77. The van der Waals surface area contributed by atoms with Gasteiger partial charge in [-0.2, -0.15) is 0 Å². The van der Waals surface area contributed by atoms with Crippen LogP contribution in [0.3, 0.4) is 0 Å². The maximum atomic E-state index is 13.6. The van der Waals surface area contributed by atoms with E-state index >= 15 is 0 Å². The highest BCUT2D eigenvalue weighted by Crippen LogP contribution is 2.37. The summed E-state index contributed by atoms with van der Waals surface area (Å²) in [4.78, 5) is 27.2. The van der Waals surface area contributed by atoms with E-state index in [4.69, 9.17) is 4.43 Å². The molecular formula is C32H40N2O3Si. The molecule has 0 saturated heterocycles. The molecule has 1 aliphatic rings. The van der Waals surface area contributed by atoms with Gasteiger partial charge < -0.3 is 14.6 Å². The number of aldehydes is 1. The molecule has 0 spiro atoms. The molecule has 0 unspecified atom stereocenters. The van der Waals surface area contributed by atoms with Gasteiger partial charge in [0.25, 0.3) is 8.32 Å². The van der Waals surface area contributed by atoms with Crippen LogP contribution in [0, 0.1) is 5.92 Å². The smallest absolute Gasteiger partial charge is 0.261 e. The largest absolute Gasteiger partial charge is 0.405 e. The molecule has 1 amide bonds. The van der Waals surface area contributed by atoms with Crippen LogP contribution < -0.4 is 20.6 Å². The van der Waals surface area contributed by atoms with E-state index in [1.165, 1.54) is 10.4 Å². The van der Waals surface area contributed by atoms with Crippen LogP contribution >= 0.6 is 0 Å². The molecule has 3 aromatic rings. The quantitative estimate of drug-likeness (QED) is 0.360. The number of carbonyl (C=O) groups excluding carboxylic acids is 2. The summed E-state index contributed by atoms with van der Waals surface area (Å²) in [7, 11) is -0.810. The van der Waals surface area contributed by atoms with Gasteiger partial charge in [-0.15, -0.1) is 0 Å². The molecule has 3 aromatic carbocycles. The predicted molar refractivity (Wildman–Crippen MR) is 158 cm³/mol. The van der Waals surface area contributed by atoms with Crippen molar-refractivity contribution in [3.8, 4) is 0 Å². The molecule has 200 valence electrons. The lowest BCUT2D eigenvalue weighted by Crippen LogP contribution is -2.67. The number of hydrogen-bond acceptors (Lipinski definition) is 4. The van der Waals surface area contributed by atoms with Crippen molar-refractivity contribution in [2.75, 3.05) is 18.6 Å². The standard InChI is InChI=1S/C32H40N2O3Si/c1-23(2)30-31(36)33-26(20-25-18-17-24(21-35)19-29(25)34(30)6)22-37-38(32(3,4)5,27-13-9-7-10-14-27)28-15-11-8-12-16-28/h7-19,21,23,26,30H,20,22H2,1-6H3,(H,33,36)/t26-,30-/m0/s1. The third-order valence-corrected chi connectivity index (χ3v) is 12.7. The average Bonchev–Trinajstić information content (AvgIpc) is 2.88. The van der Waals surface area contributed by atoms with Crippen molar-refractivity contribution in [2.24, 2.45) is 5.92 Å². The van der Waals surface area contributed by atoms with Gasteiger partial charge in [-0.25, -0.2) is 0 Å². The maximum Gasteiger partial charge on any atom is 0.261 e. The van der Waals surface area contributed by atoms with Crippen LogP contribution in [0.15, 0.2) is 78.9 Å². The number of anilines is 1. The van der Waals surface area contributed by atoms with E-state index < -0.39 is 8.32 Å². The molecule has 0 bridgehead atoms. The summed E-state index contributed by atoms with van der Waals surface area (Å²) in [5.74, 6) is 0.0739. The zero-order valence-corrected chi connectivity index (χ0v) is 24.4. The first kappa shape index (κ1) is 27.8. The van der Waals surface area contributed by atoms with Gasteiger partial charge in [0, 0.05) is 18.3 Å². The number of hydrogen-bond donors (Lipinski definition) is 1. The van der Waals surface area contributed by atoms with Gasteiger partial charge in [0.05, 0.1) is 12.6 Å². The Labute approximate surface area is 228 Å². The Morgan fingerprint density at radius 2 is 1.58 bits per heavy atom. The first-order valence-electron chi connectivity index (χ1n) is 13.4. The lowest BCUT2D eigenvalue weighted by Gasteiger charge is -2.44. The summed E-state index contributed by atoms with van der Waals surface area (Å²) in [5, 5.41) is 5.60. The fraction of sp³-hybridized carbons (Fsp3) is 0.375. The lowest BCUT2D eigenvalue weighted by molar-refractivity contribution is -0.124. The molecule has 1 N–H and O–H groups in total. The third kappa shape index (κ3) is 5.33. The first-order valence-corrected chi connectivity index (χ1v) is 15.4. The predicted octanol–water partition coefficient (Wildman–Crippen LogP) is 4.58. The fourth-order valence-electron chi connectivity index (χ4n) is 5.92. The number of nitrogens with one attached hydrogen (secondary N) is 1. The van der Waals surface area contributed by atoms with Gasteiger partial charge in [-0.1, -0.05) is 107 Å². The van der Waals surface area contributed by atoms with E-state index in [2.05, 4.69) is 88.5 Å². The Kier molecular flexibility index (Phi) is 8.24. The maximum absolute atomic E-state index is 13.6. The number of carbonyl (C=O) groups is 2. The number of benzene rings is 3. The lowest BCUT2D eigenvalue weighted by atomic mass is 9.94. The SMILES string of the molecule is CC(C)[C@H]1C(=O)N[C@H](CO[Si](c2ccccc2)(c2ccccc2)C(C)(C)C)Cc2ccc(C=O)cc2N1C. The normalized spacial score (nSPS) is 18.4. The zero-order chi connectivity index (χ0) is 27.5. The third-order valence-electron chi connectivity index (χ3n) is 7.67. The second-order valence-electron chi connectivity index (χ2n) is 11.7. The minimum absolute atomic E-state index is 0.0132. The molecular weight excluding hydrogens is 488 g/mol. The number of nitrogens with zero attached hydrogens (tertiary/aromatic N) is 1. The highest BCUT2D eigenvalue weighted by Gasteiger charge is 2.50. The van der Waals surface area contributed by atoms with E-state index in [9.17, 15) is 9.59 Å². The Morgan fingerprint density at radius 3 is 2.08 bits per heavy atom. The molecule has 0 aliphatic carbocycles. The van der Waals surface area contributed by atoms with Crippen molar-refractivity contribution in [3.05, 3.63) is 90.0 Å². The summed E-state index contributed by atoms with van der Waals surface area (Å²) >= 11 is 0. The first-order chi connectivity index (χ1) is 18.1. The molecule has 0 aromatic heterocycles. The van der Waals surface area contributed by atoms with Crippen LogP contribution in [0.4, 0.5) is 5.69 Å². The summed E-state index contributed by atoms with van der Waals surface area (Å²) in [6.45, 7) is 11.3. The van der Waals surface area contributed by atoms with Crippen LogP contribution in [-0.4, -0.2) is 46.2 Å². The minimum atomic E-state index is -2.75. The second kappa shape index (κ2) is 11.3. The summed E-state index contributed by atoms with van der Waals surface area (Å²) in [6.07, 6.45) is 1.48. The average molecular weight is 529 g/mol. The summed E-state index contributed by atoms with van der Waals surface area (Å²) in [6, 6.07) is 26.3. The minimum Gasteiger partial charge on any atom is -0.405 e. The highest BCUT2D eigenvalue weighted by atomic mass is 28.4. The van der Waals surface area contributed by atoms with Crippen molar-refractivity contribution in [1.82, 2.24) is 5.32 Å². The summed E-state index contributed by atoms with van der Waals surface area (Å²) < 4.78 is 7.19. The summed E-state index contributed by atoms with van der Waals surface area (Å²) in [5.41, 5.74) is 2.64. The fourth-order valence-corrected chi connectivity index (χ4v) is 10.5. The molecule has 1 heterocycles. The topological polar surface area (TPSA) is 58.6 Å². The van der Waals surface area contributed by atoms with Crippen LogP contribution in [0.2, 0.25) is 5.04 Å². The van der Waals surface area contributed by atoms with Crippen LogP contribution in [0.5, 0.6) is 0 Å². The van der Waals surface area contributed by atoms with Crippen molar-refractivity contribution >= 4 is 36.6 Å². The molecule has 4 rings (SSSR count). The van der Waals surface area contributed by atoms with Crippen molar-refractivity contribution < 1.29 is 14.0 Å². The second-order valence-corrected chi connectivity index (χ2v) is 16.0. The number of rotatable bonds is 7. The van der Waals surface area contributed by atoms with Gasteiger partial charge in [0.1, 0.15) is 12.3 Å². The zero-order valence-electron chi connectivity index (χ0n) is 23.4. The van der Waals surface area contributed by atoms with Gasteiger partial charge in [0.15, 0.2) is 0 Å². The van der Waals surface area contributed by atoms with Gasteiger partial charge in [-0.05, 0) is 39.4 Å². The Morgan fingerprint density at radius 1 is 1.00 bits per heavy atom. The molecule has 1 aliphatic heterocycles. The van der Waals surface area contributed by atoms with Crippen LogP contribution in [0.25, 0.3) is 0 Å². The molecule has 0 fully saturated rings. The molecule has 0 radical (unpaired) electrons. The van der Waals surface area contributed by atoms with Gasteiger partial charge in [-0.3, -0.25) is 9.59 Å². The molecule has 0 saturated carbocycles. The molecule has 2 atom stereocenters. The van der Waals surface area contributed by atoms with Gasteiger partial charge >= 0.3 is 0 Å². The van der Waals surface area contributed by atoms with Crippen LogP contribution in [0.1, 0.15) is 50.5 Å². The van der Waals surface area contributed by atoms with E-state index in [0.717, 1.165) is 17.5 Å². The Bertz CT molecular complexity index is 1220. The van der Waals surface area contributed by atoms with Crippen molar-refractivity contribution in [2.45, 2.75) is 58.2 Å². The monoisotopic (exact) mass is 528 g/mol. The van der Waals surface area contributed by atoms with Crippen molar-refractivity contribution in [3.63, 3.8) is 0 Å². The van der Waals surface area contributed by atoms with Crippen LogP contribution in [-0.2, 0) is 15.6 Å². The number of amides is 1. The van der Waals surface area contributed by atoms with Crippen molar-refractivity contribution in [1.29, 1.82) is 0 Å². The highest BCUT2D eigenvalue weighted by molar-refractivity contribution is 6.99. The van der Waals surface area contributed by atoms with Gasteiger partial charge in [0.2, 0.25) is 5.91 Å².